The number of hydrogen-bond acceptors (Lipinski definition) is 4. The predicted octanol–water partition coefficient (Wildman–Crippen LogP) is 3.98. The molecular weight excluding hydrogens is 324 g/mol. The summed E-state index contributed by atoms with van der Waals surface area (Å²) in [5.74, 6) is -2.14. The minimum atomic E-state index is -0.993. The monoisotopic (exact) mass is 337 g/mol. The number of amides is 1. The molecule has 2 rings (SSSR count). The molecule has 0 radical (unpaired) electrons. The maximum absolute atomic E-state index is 14.0. The fourth-order valence-electron chi connectivity index (χ4n) is 1.94. The van der Waals surface area contributed by atoms with Crippen LogP contribution in [0.5, 0.6) is 0 Å². The summed E-state index contributed by atoms with van der Waals surface area (Å²) in [5, 5.41) is 8.03. The highest BCUT2D eigenvalue weighted by atomic mass is 32.1. The zero-order valence-electron chi connectivity index (χ0n) is 12.2. The quantitative estimate of drug-likeness (QED) is 0.491. The molecule has 0 unspecified atom stereocenters. The van der Waals surface area contributed by atoms with Crippen LogP contribution >= 0.6 is 11.3 Å². The fraction of sp³-hybridized carbons (Fsp3) is 0.286. The molecule has 0 saturated heterocycles. The van der Waals surface area contributed by atoms with Crippen molar-refractivity contribution in [2.24, 2.45) is 5.11 Å². The number of halogens is 2. The first-order chi connectivity index (χ1) is 11.0. The summed E-state index contributed by atoms with van der Waals surface area (Å²) < 4.78 is 27.8. The molecule has 0 aliphatic heterocycles. The molecule has 0 saturated carbocycles. The Bertz CT molecular complexity index is 771. The summed E-state index contributed by atoms with van der Waals surface area (Å²) in [6.45, 7) is 1.16. The molecule has 1 aromatic carbocycles. The molecule has 23 heavy (non-hydrogen) atoms. The van der Waals surface area contributed by atoms with Gasteiger partial charge in [0, 0.05) is 17.2 Å². The van der Waals surface area contributed by atoms with Crippen molar-refractivity contribution in [2.45, 2.75) is 26.3 Å². The number of carbonyl (C=O) groups excluding carboxylic acids is 1. The van der Waals surface area contributed by atoms with E-state index in [4.69, 9.17) is 5.53 Å². The van der Waals surface area contributed by atoms with Gasteiger partial charge in [0.15, 0.2) is 16.8 Å². The highest BCUT2D eigenvalue weighted by molar-refractivity contribution is 7.13. The molecule has 0 bridgehead atoms. The van der Waals surface area contributed by atoms with E-state index in [1.807, 2.05) is 0 Å². The van der Waals surface area contributed by atoms with Gasteiger partial charge in [-0.3, -0.25) is 4.79 Å². The van der Waals surface area contributed by atoms with Gasteiger partial charge in [0.2, 0.25) is 5.91 Å². The fourth-order valence-corrected chi connectivity index (χ4v) is 2.74. The predicted molar refractivity (Wildman–Crippen MR) is 83.0 cm³/mol. The van der Waals surface area contributed by atoms with Crippen LogP contribution in [0.15, 0.2) is 22.6 Å². The molecule has 0 spiro atoms. The van der Waals surface area contributed by atoms with Crippen molar-refractivity contribution in [3.05, 3.63) is 56.4 Å². The van der Waals surface area contributed by atoms with Gasteiger partial charge in [0.05, 0.1) is 12.2 Å². The lowest BCUT2D eigenvalue weighted by Gasteiger charge is -2.06. The Kier molecular flexibility index (Phi) is 5.61. The van der Waals surface area contributed by atoms with Crippen molar-refractivity contribution in [2.75, 3.05) is 5.32 Å². The lowest BCUT2D eigenvalue weighted by atomic mass is 10.0. The maximum atomic E-state index is 14.0. The van der Waals surface area contributed by atoms with Gasteiger partial charge >= 0.3 is 0 Å². The minimum absolute atomic E-state index is 0.0191. The smallest absolute Gasteiger partial charge is 0.223 e. The summed E-state index contributed by atoms with van der Waals surface area (Å²) >= 11 is 1.27. The zero-order valence-corrected chi connectivity index (χ0v) is 13.0. The Balaban J connectivity index is 2.05. The van der Waals surface area contributed by atoms with Gasteiger partial charge in [0.1, 0.15) is 0 Å². The third-order valence-corrected chi connectivity index (χ3v) is 3.84. The number of hydrogen-bond donors (Lipinski definition) is 1. The number of nitrogens with zero attached hydrogens (tertiary/aromatic N) is 4. The zero-order chi connectivity index (χ0) is 16.8. The van der Waals surface area contributed by atoms with E-state index in [0.717, 1.165) is 0 Å². The van der Waals surface area contributed by atoms with Crippen molar-refractivity contribution in [3.63, 3.8) is 0 Å². The van der Waals surface area contributed by atoms with E-state index < -0.39 is 11.6 Å². The van der Waals surface area contributed by atoms with Gasteiger partial charge in [-0.15, -0.1) is 11.3 Å². The summed E-state index contributed by atoms with van der Waals surface area (Å²) in [5.41, 5.74) is 9.15. The van der Waals surface area contributed by atoms with Crippen molar-refractivity contribution in [3.8, 4) is 0 Å². The second-order valence-electron chi connectivity index (χ2n) is 4.73. The Morgan fingerprint density at radius 2 is 2.04 bits per heavy atom. The molecule has 1 N–H and O–H groups in total. The van der Waals surface area contributed by atoms with Crippen LogP contribution in [0.4, 0.5) is 13.9 Å². The first-order valence-corrected chi connectivity index (χ1v) is 7.58. The third kappa shape index (κ3) is 4.48. The number of azide groups is 1. The van der Waals surface area contributed by atoms with Crippen LogP contribution in [0.25, 0.3) is 10.4 Å². The van der Waals surface area contributed by atoms with Crippen molar-refractivity contribution < 1.29 is 13.6 Å². The second-order valence-corrected chi connectivity index (χ2v) is 5.58. The topological polar surface area (TPSA) is 90.8 Å². The van der Waals surface area contributed by atoms with E-state index in [2.05, 4.69) is 20.3 Å². The molecule has 1 heterocycles. The normalized spacial score (nSPS) is 10.2. The number of aryl methyl sites for hydroxylation is 2. The van der Waals surface area contributed by atoms with Crippen molar-refractivity contribution >= 4 is 22.4 Å². The Hall–Kier alpha value is -2.51. The van der Waals surface area contributed by atoms with Crippen LogP contribution in [0.1, 0.15) is 23.7 Å². The van der Waals surface area contributed by atoms with E-state index in [9.17, 15) is 13.6 Å². The highest BCUT2D eigenvalue weighted by Gasteiger charge is 2.13. The molecule has 2 aromatic rings. The first-order valence-electron chi connectivity index (χ1n) is 6.70. The van der Waals surface area contributed by atoms with Crippen LogP contribution < -0.4 is 5.32 Å². The Labute approximate surface area is 134 Å². The molecule has 1 amide bonds. The van der Waals surface area contributed by atoms with Crippen LogP contribution in [0, 0.1) is 11.6 Å². The Morgan fingerprint density at radius 1 is 1.35 bits per heavy atom. The number of anilines is 1. The maximum Gasteiger partial charge on any atom is 0.223 e. The molecule has 0 aliphatic carbocycles. The molecule has 0 atom stereocenters. The second kappa shape index (κ2) is 7.66. The average Bonchev–Trinajstić information content (AvgIpc) is 2.94. The molecule has 0 aliphatic rings. The van der Waals surface area contributed by atoms with E-state index in [0.29, 0.717) is 17.2 Å². The van der Waals surface area contributed by atoms with E-state index in [-0.39, 0.29) is 30.0 Å². The van der Waals surface area contributed by atoms with Crippen molar-refractivity contribution in [1.82, 2.24) is 4.98 Å². The van der Waals surface area contributed by atoms with E-state index in [1.165, 1.54) is 30.4 Å². The van der Waals surface area contributed by atoms with E-state index in [1.54, 1.807) is 5.38 Å². The lowest BCUT2D eigenvalue weighted by Crippen LogP contribution is -2.05. The lowest BCUT2D eigenvalue weighted by molar-refractivity contribution is -0.114. The number of thiazole rings is 1. The SMILES string of the molecule is CC(=O)Nc1nc(CCc2ccc(CN=[N+]=[N-])c(F)c2F)cs1. The van der Waals surface area contributed by atoms with Gasteiger partial charge < -0.3 is 5.32 Å². The summed E-state index contributed by atoms with van der Waals surface area (Å²) in [6.07, 6.45) is 0.690. The minimum Gasteiger partial charge on any atom is -0.302 e. The van der Waals surface area contributed by atoms with Gasteiger partial charge in [-0.05, 0) is 29.5 Å². The summed E-state index contributed by atoms with van der Waals surface area (Å²) in [7, 11) is 0. The first kappa shape index (κ1) is 16.9. The largest absolute Gasteiger partial charge is 0.302 e. The molecule has 1 aromatic heterocycles. The van der Waals surface area contributed by atoms with Crippen molar-refractivity contribution in [1.29, 1.82) is 0 Å². The number of aromatic nitrogens is 1. The molecule has 6 nitrogen and oxygen atoms in total. The number of benzene rings is 1. The summed E-state index contributed by atoms with van der Waals surface area (Å²) in [6, 6.07) is 2.88. The van der Waals surface area contributed by atoms with Gasteiger partial charge in [-0.25, -0.2) is 13.8 Å². The number of nitrogens with one attached hydrogen (secondary N) is 1. The van der Waals surface area contributed by atoms with Crippen LogP contribution in [0.3, 0.4) is 0 Å². The molecule has 120 valence electrons. The molecule has 9 heteroatoms. The number of rotatable bonds is 6. The van der Waals surface area contributed by atoms with E-state index >= 15 is 0 Å². The Morgan fingerprint density at radius 3 is 2.74 bits per heavy atom. The summed E-state index contributed by atoms with van der Waals surface area (Å²) in [4.78, 5) is 17.6. The van der Waals surface area contributed by atoms with Gasteiger partial charge in [-0.2, -0.15) is 0 Å². The van der Waals surface area contributed by atoms with Gasteiger partial charge in [-0.1, -0.05) is 17.2 Å². The standard InChI is InChI=1S/C14H13F2N5OS/c1-8(22)19-14-20-11(7-23-14)5-4-9-2-3-10(6-18-21-17)13(16)12(9)15/h2-3,7H,4-6H2,1H3,(H,19,20,22). The van der Waals surface area contributed by atoms with Crippen LogP contribution in [-0.4, -0.2) is 10.9 Å². The van der Waals surface area contributed by atoms with Gasteiger partial charge in [0.25, 0.3) is 0 Å². The highest BCUT2D eigenvalue weighted by Crippen LogP contribution is 2.21. The van der Waals surface area contributed by atoms with Crippen LogP contribution in [-0.2, 0) is 24.2 Å². The molecule has 0 fully saturated rings. The third-order valence-electron chi connectivity index (χ3n) is 3.03. The molecular formula is C14H13F2N5OS. The average molecular weight is 337 g/mol. The number of carbonyl (C=O) groups is 1. The van der Waals surface area contributed by atoms with Crippen LogP contribution in [0.2, 0.25) is 0 Å².